The first-order valence-electron chi connectivity index (χ1n) is 11.4. The number of hydrogen-bond donors (Lipinski definition) is 1. The lowest BCUT2D eigenvalue weighted by Crippen LogP contribution is -2.37. The van der Waals surface area contributed by atoms with Gasteiger partial charge in [-0.3, -0.25) is 4.79 Å². The Morgan fingerprint density at radius 2 is 1.93 bits per heavy atom. The summed E-state index contributed by atoms with van der Waals surface area (Å²) in [5, 5.41) is 1.99. The smallest absolute Gasteiger partial charge is 0.255 e. The molecule has 29 heavy (non-hydrogen) atoms. The number of halogens is 1. The molecule has 0 spiro atoms. The first kappa shape index (κ1) is 22.2. The molecule has 1 atom stereocenters. The Bertz CT molecular complexity index is 865. The fraction of sp³-hybridized carbons (Fsp3) is 0.640. The fourth-order valence-corrected chi connectivity index (χ4v) is 5.48. The van der Waals surface area contributed by atoms with Crippen molar-refractivity contribution in [1.82, 2.24) is 4.98 Å². The van der Waals surface area contributed by atoms with Crippen molar-refractivity contribution in [3.8, 4) is 5.75 Å². The van der Waals surface area contributed by atoms with E-state index < -0.39 is 0 Å². The lowest BCUT2D eigenvalue weighted by molar-refractivity contribution is 0.0248. The second-order valence-electron chi connectivity index (χ2n) is 9.29. The molecule has 1 unspecified atom stereocenters. The van der Waals surface area contributed by atoms with Gasteiger partial charge in [0.05, 0.1) is 11.1 Å². The predicted molar refractivity (Wildman–Crippen MR) is 123 cm³/mol. The molecule has 0 amide bonds. The third-order valence-electron chi connectivity index (χ3n) is 7.20. The maximum atomic E-state index is 12.0. The molecule has 4 heteroatoms. The van der Waals surface area contributed by atoms with Crippen LogP contribution in [0.5, 0.6) is 5.75 Å². The molecular weight excluding hydrogens is 382 g/mol. The van der Waals surface area contributed by atoms with Crippen LogP contribution in [0, 0.1) is 17.3 Å². The number of aromatic amines is 1. The maximum Gasteiger partial charge on any atom is 0.255 e. The zero-order valence-electron chi connectivity index (χ0n) is 18.4. The van der Waals surface area contributed by atoms with Gasteiger partial charge in [0.25, 0.3) is 5.56 Å². The molecule has 160 valence electrons. The van der Waals surface area contributed by atoms with Gasteiger partial charge in [-0.25, -0.2) is 0 Å². The van der Waals surface area contributed by atoms with E-state index in [9.17, 15) is 4.79 Å². The van der Waals surface area contributed by atoms with E-state index >= 15 is 0 Å². The first-order chi connectivity index (χ1) is 13.9. The minimum atomic E-state index is -0.117. The minimum absolute atomic E-state index is 0.117. The van der Waals surface area contributed by atoms with E-state index in [0.29, 0.717) is 21.6 Å². The maximum absolute atomic E-state index is 12.0. The number of rotatable bonds is 8. The van der Waals surface area contributed by atoms with E-state index in [-0.39, 0.29) is 11.7 Å². The van der Waals surface area contributed by atoms with Crippen LogP contribution in [0.4, 0.5) is 0 Å². The lowest BCUT2D eigenvalue weighted by atomic mass is 9.61. The number of fused-ring (bicyclic) bond motifs is 1. The van der Waals surface area contributed by atoms with Gasteiger partial charge in [0.15, 0.2) is 0 Å². The summed E-state index contributed by atoms with van der Waals surface area (Å²) in [6, 6.07) is 5.53. The molecule has 1 aliphatic carbocycles. The number of H-pyrrole nitrogens is 1. The molecule has 2 aromatic rings. The molecule has 1 N–H and O–H groups in total. The minimum Gasteiger partial charge on any atom is -0.489 e. The molecule has 3 rings (SSSR count). The van der Waals surface area contributed by atoms with Gasteiger partial charge in [-0.1, -0.05) is 58.6 Å². The molecular formula is C25H36ClNO2. The molecule has 1 aliphatic rings. The van der Waals surface area contributed by atoms with Gasteiger partial charge in [0.2, 0.25) is 0 Å². The summed E-state index contributed by atoms with van der Waals surface area (Å²) in [4.78, 5) is 14.7. The van der Waals surface area contributed by atoms with Crippen molar-refractivity contribution in [1.29, 1.82) is 0 Å². The summed E-state index contributed by atoms with van der Waals surface area (Å²) in [5.74, 6) is 2.29. The quantitative estimate of drug-likeness (QED) is 0.487. The Hall–Kier alpha value is -1.48. The van der Waals surface area contributed by atoms with Crippen LogP contribution in [0.3, 0.4) is 0 Å². The van der Waals surface area contributed by atoms with E-state index in [1.54, 1.807) is 12.3 Å². The predicted octanol–water partition coefficient (Wildman–Crippen LogP) is 7.36. The molecule has 0 saturated heterocycles. The third-order valence-corrected chi connectivity index (χ3v) is 7.50. The summed E-state index contributed by atoms with van der Waals surface area (Å²) in [7, 11) is 0. The fourth-order valence-electron chi connectivity index (χ4n) is 5.27. The summed E-state index contributed by atoms with van der Waals surface area (Å²) >= 11 is 6.44. The van der Waals surface area contributed by atoms with Gasteiger partial charge >= 0.3 is 0 Å². The summed E-state index contributed by atoms with van der Waals surface area (Å²) in [6.07, 6.45) is 11.7. The highest BCUT2D eigenvalue weighted by molar-refractivity contribution is 6.32. The van der Waals surface area contributed by atoms with Crippen LogP contribution >= 0.6 is 11.6 Å². The van der Waals surface area contributed by atoms with Crippen LogP contribution in [0.2, 0.25) is 5.02 Å². The van der Waals surface area contributed by atoms with Crippen LogP contribution in [0.25, 0.3) is 10.8 Å². The number of nitrogens with one attached hydrogen (secondary N) is 1. The summed E-state index contributed by atoms with van der Waals surface area (Å²) in [6.45, 7) is 9.40. The average molecular weight is 418 g/mol. The molecule has 0 aliphatic heterocycles. The van der Waals surface area contributed by atoms with E-state index in [0.717, 1.165) is 30.1 Å². The zero-order chi connectivity index (χ0) is 21.0. The molecule has 1 heterocycles. The number of aromatic nitrogens is 1. The molecule has 1 fully saturated rings. The lowest BCUT2D eigenvalue weighted by Gasteiger charge is -2.45. The van der Waals surface area contributed by atoms with Crippen LogP contribution in [-0.4, -0.2) is 11.1 Å². The number of pyridine rings is 1. The van der Waals surface area contributed by atoms with Crippen LogP contribution < -0.4 is 10.3 Å². The Morgan fingerprint density at radius 3 is 2.55 bits per heavy atom. The topological polar surface area (TPSA) is 42.1 Å². The van der Waals surface area contributed by atoms with Gasteiger partial charge in [-0.15, -0.1) is 0 Å². The van der Waals surface area contributed by atoms with Crippen LogP contribution in [0.1, 0.15) is 79.1 Å². The molecule has 0 radical (unpaired) electrons. The standard InChI is InChI=1S/C25H36ClNO2/c1-5-19(8-7-17(3)4)25(6-2)12-9-20(10-13-25)29-23-15-18-11-14-27-24(28)21(18)16-22(23)26/h11,14-17,19-20H,5-10,12-13H2,1-4H3,(H,27,28). The zero-order valence-corrected chi connectivity index (χ0v) is 19.1. The molecule has 1 aromatic heterocycles. The van der Waals surface area contributed by atoms with Gasteiger partial charge in [0, 0.05) is 11.6 Å². The molecule has 3 nitrogen and oxygen atoms in total. The van der Waals surface area contributed by atoms with Crippen LogP contribution in [-0.2, 0) is 0 Å². The van der Waals surface area contributed by atoms with Crippen molar-refractivity contribution in [2.24, 2.45) is 17.3 Å². The summed E-state index contributed by atoms with van der Waals surface area (Å²) in [5.41, 5.74) is 0.345. The van der Waals surface area contributed by atoms with Crippen LogP contribution in [0.15, 0.2) is 29.2 Å². The largest absolute Gasteiger partial charge is 0.489 e. The monoisotopic (exact) mass is 417 g/mol. The number of ether oxygens (including phenoxy) is 1. The average Bonchev–Trinajstić information content (AvgIpc) is 2.71. The van der Waals surface area contributed by atoms with E-state index in [1.165, 1.54) is 38.5 Å². The highest BCUT2D eigenvalue weighted by Crippen LogP contribution is 2.49. The second kappa shape index (κ2) is 9.55. The Labute approximate surface area is 180 Å². The van der Waals surface area contributed by atoms with Gasteiger partial charge in [-0.2, -0.15) is 0 Å². The third kappa shape index (κ3) is 4.99. The molecule has 0 bridgehead atoms. The first-order valence-corrected chi connectivity index (χ1v) is 11.7. The number of hydrogen-bond acceptors (Lipinski definition) is 2. The SMILES string of the molecule is CCC(CCC(C)C)C1(CC)CCC(Oc2cc3cc[nH]c(=O)c3cc2Cl)CC1. The Kier molecular flexibility index (Phi) is 7.32. The van der Waals surface area contributed by atoms with Gasteiger partial charge in [0.1, 0.15) is 5.75 Å². The normalized spacial score (nSPS) is 23.4. The Balaban J connectivity index is 1.69. The van der Waals surface area contributed by atoms with Crippen molar-refractivity contribution in [3.05, 3.63) is 39.8 Å². The van der Waals surface area contributed by atoms with Crippen molar-refractivity contribution < 1.29 is 4.74 Å². The molecule has 1 aromatic carbocycles. The highest BCUT2D eigenvalue weighted by Gasteiger charge is 2.40. The van der Waals surface area contributed by atoms with E-state index in [4.69, 9.17) is 16.3 Å². The van der Waals surface area contributed by atoms with Gasteiger partial charge in [-0.05, 0) is 72.9 Å². The van der Waals surface area contributed by atoms with Crippen molar-refractivity contribution in [2.75, 3.05) is 0 Å². The Morgan fingerprint density at radius 1 is 1.21 bits per heavy atom. The highest BCUT2D eigenvalue weighted by atomic mass is 35.5. The van der Waals surface area contributed by atoms with Crippen molar-refractivity contribution in [2.45, 2.75) is 85.2 Å². The van der Waals surface area contributed by atoms with E-state index in [1.807, 2.05) is 12.1 Å². The second-order valence-corrected chi connectivity index (χ2v) is 9.69. The van der Waals surface area contributed by atoms with Crippen molar-refractivity contribution >= 4 is 22.4 Å². The van der Waals surface area contributed by atoms with E-state index in [2.05, 4.69) is 32.7 Å². The van der Waals surface area contributed by atoms with Crippen molar-refractivity contribution in [3.63, 3.8) is 0 Å². The molecule has 1 saturated carbocycles. The number of benzene rings is 1. The van der Waals surface area contributed by atoms with Gasteiger partial charge < -0.3 is 9.72 Å². The summed E-state index contributed by atoms with van der Waals surface area (Å²) < 4.78 is 6.34.